The first-order valence-electron chi connectivity index (χ1n) is 6.67. The van der Waals surface area contributed by atoms with Crippen molar-refractivity contribution in [1.82, 2.24) is 4.98 Å². The van der Waals surface area contributed by atoms with Crippen LogP contribution < -0.4 is 15.8 Å². The van der Waals surface area contributed by atoms with Crippen molar-refractivity contribution in [2.24, 2.45) is 10.7 Å². The normalized spacial score (nSPS) is 11.6. The second-order valence-electron chi connectivity index (χ2n) is 4.64. The summed E-state index contributed by atoms with van der Waals surface area (Å²) in [5.41, 5.74) is 7.47. The zero-order chi connectivity index (χ0) is 16.9. The van der Waals surface area contributed by atoms with Crippen LogP contribution in [0.3, 0.4) is 0 Å². The summed E-state index contributed by atoms with van der Waals surface area (Å²) in [7, 11) is 0. The average molecular weight is 452 g/mol. The number of halogens is 4. The van der Waals surface area contributed by atoms with Gasteiger partial charge in [0.25, 0.3) is 0 Å². The molecule has 0 fully saturated rings. The number of nitrogens with one attached hydrogen (secondary N) is 1. The molecular weight excluding hydrogens is 436 g/mol. The van der Waals surface area contributed by atoms with Crippen molar-refractivity contribution in [3.8, 4) is 5.75 Å². The molecule has 130 valence electrons. The van der Waals surface area contributed by atoms with Gasteiger partial charge in [0.1, 0.15) is 0 Å². The first-order valence-corrected chi connectivity index (χ1v) is 6.67. The topological polar surface area (TPSA) is 72.5 Å². The van der Waals surface area contributed by atoms with Crippen LogP contribution in [0.4, 0.5) is 18.9 Å². The lowest BCUT2D eigenvalue weighted by Gasteiger charge is -2.14. The van der Waals surface area contributed by atoms with Crippen LogP contribution in [0.5, 0.6) is 5.75 Å². The summed E-state index contributed by atoms with van der Waals surface area (Å²) >= 11 is 0. The van der Waals surface area contributed by atoms with E-state index in [9.17, 15) is 13.2 Å². The lowest BCUT2D eigenvalue weighted by atomic mass is 10.2. The lowest BCUT2D eigenvalue weighted by Crippen LogP contribution is -2.24. The van der Waals surface area contributed by atoms with Gasteiger partial charge in [-0.2, -0.15) is 0 Å². The van der Waals surface area contributed by atoms with E-state index >= 15 is 0 Å². The summed E-state index contributed by atoms with van der Waals surface area (Å²) < 4.78 is 41.0. The highest BCUT2D eigenvalue weighted by atomic mass is 127. The molecule has 1 heterocycles. The van der Waals surface area contributed by atoms with E-state index < -0.39 is 6.36 Å². The molecule has 24 heavy (non-hydrogen) atoms. The number of alkyl halides is 3. The van der Waals surface area contributed by atoms with Gasteiger partial charge in [0.05, 0.1) is 17.9 Å². The van der Waals surface area contributed by atoms with E-state index in [1.54, 1.807) is 18.3 Å². The van der Waals surface area contributed by atoms with Gasteiger partial charge in [-0.15, -0.1) is 37.1 Å². The molecule has 0 saturated heterocycles. The summed E-state index contributed by atoms with van der Waals surface area (Å²) in [6, 6.07) is 9.27. The van der Waals surface area contributed by atoms with Crippen LogP contribution in [0.1, 0.15) is 11.3 Å². The molecule has 0 bridgehead atoms. The Hall–Kier alpha value is -2.04. The largest absolute Gasteiger partial charge is 0.573 e. The van der Waals surface area contributed by atoms with Crippen LogP contribution >= 0.6 is 24.0 Å². The lowest BCUT2D eigenvalue weighted by molar-refractivity contribution is -0.274. The number of rotatable bonds is 4. The molecule has 0 radical (unpaired) electrons. The number of pyridine rings is 1. The molecule has 2 rings (SSSR count). The van der Waals surface area contributed by atoms with Gasteiger partial charge < -0.3 is 15.8 Å². The van der Waals surface area contributed by atoms with Crippen LogP contribution in [0.2, 0.25) is 0 Å². The molecule has 5 nitrogen and oxygen atoms in total. The number of guanidine groups is 1. The quantitative estimate of drug-likeness (QED) is 0.420. The molecule has 0 atom stereocenters. The van der Waals surface area contributed by atoms with Crippen LogP contribution in [0.15, 0.2) is 47.6 Å². The molecule has 2 aromatic rings. The van der Waals surface area contributed by atoms with Crippen LogP contribution in [0.25, 0.3) is 0 Å². The number of aryl methyl sites for hydroxylation is 1. The summed E-state index contributed by atoms with van der Waals surface area (Å²) in [6.07, 6.45) is -3.15. The monoisotopic (exact) mass is 452 g/mol. The number of hydrogen-bond donors (Lipinski definition) is 2. The maximum absolute atomic E-state index is 12.4. The van der Waals surface area contributed by atoms with E-state index in [0.717, 1.165) is 11.3 Å². The maximum Gasteiger partial charge on any atom is 0.573 e. The number of benzene rings is 1. The number of aliphatic imine (C=N–C) groups is 1. The zero-order valence-corrected chi connectivity index (χ0v) is 15.0. The van der Waals surface area contributed by atoms with Crippen molar-refractivity contribution in [3.63, 3.8) is 0 Å². The molecule has 1 aromatic carbocycles. The summed E-state index contributed by atoms with van der Waals surface area (Å²) in [4.78, 5) is 8.23. The van der Waals surface area contributed by atoms with Gasteiger partial charge in [0.15, 0.2) is 11.7 Å². The van der Waals surface area contributed by atoms with Gasteiger partial charge in [-0.05, 0) is 30.7 Å². The van der Waals surface area contributed by atoms with Crippen molar-refractivity contribution in [3.05, 3.63) is 53.9 Å². The van der Waals surface area contributed by atoms with Crippen molar-refractivity contribution >= 4 is 35.6 Å². The van der Waals surface area contributed by atoms with Gasteiger partial charge in [0.2, 0.25) is 0 Å². The van der Waals surface area contributed by atoms with Crippen molar-refractivity contribution in [1.29, 1.82) is 0 Å². The molecule has 0 saturated carbocycles. The molecule has 1 aromatic heterocycles. The summed E-state index contributed by atoms with van der Waals surface area (Å²) in [5.74, 6) is -0.416. The van der Waals surface area contributed by atoms with Gasteiger partial charge in [-0.3, -0.25) is 4.98 Å². The number of anilines is 1. The number of hydrogen-bond acceptors (Lipinski definition) is 3. The number of nitrogens with two attached hydrogens (primary N) is 1. The second kappa shape index (κ2) is 8.71. The molecule has 0 aliphatic carbocycles. The van der Waals surface area contributed by atoms with E-state index in [4.69, 9.17) is 5.73 Å². The smallest absolute Gasteiger partial charge is 0.404 e. The summed E-state index contributed by atoms with van der Waals surface area (Å²) in [5, 5.41) is 2.60. The molecule has 0 unspecified atom stereocenters. The minimum absolute atomic E-state index is 0. The van der Waals surface area contributed by atoms with Gasteiger partial charge in [-0.25, -0.2) is 4.99 Å². The Morgan fingerprint density at radius 3 is 2.62 bits per heavy atom. The Bertz CT molecular complexity index is 707. The highest BCUT2D eigenvalue weighted by Crippen LogP contribution is 2.29. The maximum atomic E-state index is 12.4. The molecular formula is C15H16F3IN4O. The third-order valence-electron chi connectivity index (χ3n) is 2.89. The molecule has 0 aliphatic rings. The van der Waals surface area contributed by atoms with E-state index in [-0.39, 0.29) is 47.9 Å². The third-order valence-corrected chi connectivity index (χ3v) is 2.89. The second-order valence-corrected chi connectivity index (χ2v) is 4.64. The SMILES string of the molecule is Cc1cccnc1CN=C(N)Nc1ccccc1OC(F)(F)F.I. The minimum Gasteiger partial charge on any atom is -0.404 e. The molecule has 9 heteroatoms. The first-order chi connectivity index (χ1) is 10.8. The minimum atomic E-state index is -4.78. The molecule has 0 spiro atoms. The molecule has 3 N–H and O–H groups in total. The van der Waals surface area contributed by atoms with Crippen LogP contribution in [-0.2, 0) is 6.54 Å². The Morgan fingerprint density at radius 2 is 1.96 bits per heavy atom. The Kier molecular flexibility index (Phi) is 7.26. The summed E-state index contributed by atoms with van der Waals surface area (Å²) in [6.45, 7) is 2.10. The zero-order valence-electron chi connectivity index (χ0n) is 12.7. The van der Waals surface area contributed by atoms with E-state index in [2.05, 4.69) is 20.0 Å². The van der Waals surface area contributed by atoms with Gasteiger partial charge in [0, 0.05) is 6.20 Å². The average Bonchev–Trinajstić information content (AvgIpc) is 2.47. The van der Waals surface area contributed by atoms with E-state index in [1.807, 2.05) is 13.0 Å². The molecule has 0 amide bonds. The highest BCUT2D eigenvalue weighted by Gasteiger charge is 2.32. The molecule has 0 aliphatic heterocycles. The van der Waals surface area contributed by atoms with Crippen LogP contribution in [-0.4, -0.2) is 17.3 Å². The standard InChI is InChI=1S/C15H15F3N4O.HI/c1-10-5-4-8-20-12(10)9-21-14(19)22-11-6-2-3-7-13(11)23-15(16,17)18;/h2-8H,9H2,1H3,(H3,19,21,22);1H. The Morgan fingerprint density at radius 1 is 1.25 bits per heavy atom. The fraction of sp³-hybridized carbons (Fsp3) is 0.200. The predicted molar refractivity (Wildman–Crippen MR) is 96.5 cm³/mol. The highest BCUT2D eigenvalue weighted by molar-refractivity contribution is 14.0. The Balaban J connectivity index is 0.00000288. The number of para-hydroxylation sites is 2. The third kappa shape index (κ3) is 6.22. The fourth-order valence-corrected chi connectivity index (χ4v) is 1.81. The first kappa shape index (κ1) is 20.0. The van der Waals surface area contributed by atoms with E-state index in [1.165, 1.54) is 18.2 Å². The van der Waals surface area contributed by atoms with Crippen molar-refractivity contribution in [2.45, 2.75) is 19.8 Å². The predicted octanol–water partition coefficient (Wildman–Crippen LogP) is 3.83. The Labute approximate surface area is 154 Å². The van der Waals surface area contributed by atoms with Crippen molar-refractivity contribution < 1.29 is 17.9 Å². The van der Waals surface area contributed by atoms with Gasteiger partial charge >= 0.3 is 6.36 Å². The van der Waals surface area contributed by atoms with E-state index in [0.29, 0.717) is 0 Å². The fourth-order valence-electron chi connectivity index (χ4n) is 1.81. The number of aromatic nitrogens is 1. The van der Waals surface area contributed by atoms with Crippen LogP contribution in [0, 0.1) is 6.92 Å². The number of nitrogens with zero attached hydrogens (tertiary/aromatic N) is 2. The van der Waals surface area contributed by atoms with Gasteiger partial charge in [-0.1, -0.05) is 18.2 Å². The van der Waals surface area contributed by atoms with Crippen molar-refractivity contribution in [2.75, 3.05) is 5.32 Å². The number of ether oxygens (including phenoxy) is 1.